The van der Waals surface area contributed by atoms with Gasteiger partial charge in [-0.1, -0.05) is 53.8 Å². The molecular formula is C20H19FN2O2S. The van der Waals surface area contributed by atoms with E-state index in [4.69, 9.17) is 0 Å². The summed E-state index contributed by atoms with van der Waals surface area (Å²) in [7, 11) is 1.68. The maximum Gasteiger partial charge on any atom is 0.308 e. The molecule has 4 nitrogen and oxygen atoms in total. The number of benzene rings is 2. The molecule has 0 spiro atoms. The Bertz CT molecular complexity index is 962. The van der Waals surface area contributed by atoms with Crippen LogP contribution in [0.4, 0.5) is 4.39 Å². The van der Waals surface area contributed by atoms with Gasteiger partial charge in [-0.15, -0.1) is 0 Å². The Balaban J connectivity index is 1.80. The standard InChI is InChI=1S/C20H19FN2O2S/c1-14-18(19(24)22(2)12-16-8-10-17(21)11-9-16)26-20(25)23(14)13-15-6-4-3-5-7-15/h3-11H,12-13H2,1-2H3. The van der Waals surface area contributed by atoms with E-state index in [1.165, 1.54) is 12.1 Å². The lowest BCUT2D eigenvalue weighted by Crippen LogP contribution is -2.26. The van der Waals surface area contributed by atoms with Gasteiger partial charge in [0.25, 0.3) is 5.91 Å². The van der Waals surface area contributed by atoms with E-state index in [2.05, 4.69) is 0 Å². The number of thiazole rings is 1. The SMILES string of the molecule is Cc1c(C(=O)N(C)Cc2ccc(F)cc2)sc(=O)n1Cc1ccccc1. The van der Waals surface area contributed by atoms with Gasteiger partial charge in [0.1, 0.15) is 10.7 Å². The molecule has 3 aromatic rings. The average Bonchev–Trinajstić information content (AvgIpc) is 2.92. The highest BCUT2D eigenvalue weighted by molar-refractivity contribution is 7.11. The second-order valence-corrected chi connectivity index (χ2v) is 7.10. The Labute approximate surface area is 155 Å². The molecule has 0 aliphatic heterocycles. The summed E-state index contributed by atoms with van der Waals surface area (Å²) in [6.45, 7) is 2.58. The van der Waals surface area contributed by atoms with Crippen LogP contribution in [0.15, 0.2) is 59.4 Å². The molecule has 0 fully saturated rings. The molecule has 3 rings (SSSR count). The Morgan fingerprint density at radius 3 is 2.38 bits per heavy atom. The molecule has 0 N–H and O–H groups in total. The lowest BCUT2D eigenvalue weighted by molar-refractivity contribution is 0.0788. The number of halogens is 1. The topological polar surface area (TPSA) is 42.3 Å². The van der Waals surface area contributed by atoms with E-state index < -0.39 is 0 Å². The molecule has 1 aromatic heterocycles. The summed E-state index contributed by atoms with van der Waals surface area (Å²) in [6.07, 6.45) is 0. The number of aromatic nitrogens is 1. The van der Waals surface area contributed by atoms with Crippen molar-refractivity contribution >= 4 is 17.2 Å². The molecule has 0 radical (unpaired) electrons. The number of nitrogens with zero attached hydrogens (tertiary/aromatic N) is 2. The van der Waals surface area contributed by atoms with Crippen molar-refractivity contribution in [2.24, 2.45) is 0 Å². The minimum Gasteiger partial charge on any atom is -0.337 e. The molecule has 2 aromatic carbocycles. The van der Waals surface area contributed by atoms with Crippen LogP contribution in [0.1, 0.15) is 26.5 Å². The first-order valence-electron chi connectivity index (χ1n) is 8.20. The zero-order valence-electron chi connectivity index (χ0n) is 14.6. The molecule has 26 heavy (non-hydrogen) atoms. The van der Waals surface area contributed by atoms with Gasteiger partial charge in [0.2, 0.25) is 0 Å². The molecular weight excluding hydrogens is 351 g/mol. The van der Waals surface area contributed by atoms with Crippen molar-refractivity contribution in [2.75, 3.05) is 7.05 Å². The molecule has 0 saturated carbocycles. The Kier molecular flexibility index (Phi) is 5.32. The van der Waals surface area contributed by atoms with Crippen LogP contribution < -0.4 is 4.87 Å². The monoisotopic (exact) mass is 370 g/mol. The molecule has 0 aliphatic carbocycles. The molecule has 0 bridgehead atoms. The number of hydrogen-bond acceptors (Lipinski definition) is 3. The van der Waals surface area contributed by atoms with Gasteiger partial charge >= 0.3 is 4.87 Å². The summed E-state index contributed by atoms with van der Waals surface area (Å²) in [5.74, 6) is -0.518. The first-order valence-corrected chi connectivity index (χ1v) is 9.01. The van der Waals surface area contributed by atoms with Gasteiger partial charge in [0, 0.05) is 19.3 Å². The number of rotatable bonds is 5. The zero-order valence-corrected chi connectivity index (χ0v) is 15.4. The van der Waals surface area contributed by atoms with Crippen LogP contribution in [-0.4, -0.2) is 22.4 Å². The van der Waals surface area contributed by atoms with Gasteiger partial charge in [0.15, 0.2) is 0 Å². The quantitative estimate of drug-likeness (QED) is 0.688. The lowest BCUT2D eigenvalue weighted by Gasteiger charge is -2.17. The maximum absolute atomic E-state index is 13.0. The van der Waals surface area contributed by atoms with E-state index >= 15 is 0 Å². The van der Waals surface area contributed by atoms with E-state index in [9.17, 15) is 14.0 Å². The van der Waals surface area contributed by atoms with E-state index in [1.807, 2.05) is 30.3 Å². The van der Waals surface area contributed by atoms with Crippen LogP contribution in [0.2, 0.25) is 0 Å². The average molecular weight is 370 g/mol. The van der Waals surface area contributed by atoms with Gasteiger partial charge in [-0.25, -0.2) is 4.39 Å². The van der Waals surface area contributed by atoms with Crippen molar-refractivity contribution in [3.05, 3.63) is 91.8 Å². The number of hydrogen-bond donors (Lipinski definition) is 0. The normalized spacial score (nSPS) is 10.7. The number of carbonyl (C=O) groups excluding carboxylic acids is 1. The summed E-state index contributed by atoms with van der Waals surface area (Å²) in [6, 6.07) is 15.7. The fourth-order valence-electron chi connectivity index (χ4n) is 2.73. The van der Waals surface area contributed by atoms with Gasteiger partial charge in [-0.2, -0.15) is 0 Å². The summed E-state index contributed by atoms with van der Waals surface area (Å²) in [5, 5.41) is 0. The molecule has 6 heteroatoms. The van der Waals surface area contributed by atoms with E-state index in [0.29, 0.717) is 23.7 Å². The van der Waals surface area contributed by atoms with E-state index in [1.54, 1.807) is 35.6 Å². The predicted molar refractivity (Wildman–Crippen MR) is 101 cm³/mol. The summed E-state index contributed by atoms with van der Waals surface area (Å²) < 4.78 is 14.6. The number of carbonyl (C=O) groups is 1. The second kappa shape index (κ2) is 7.66. The van der Waals surface area contributed by atoms with Gasteiger partial charge in [-0.05, 0) is 30.2 Å². The third kappa shape index (κ3) is 3.91. The van der Waals surface area contributed by atoms with Crippen molar-refractivity contribution in [2.45, 2.75) is 20.0 Å². The highest BCUT2D eigenvalue weighted by Crippen LogP contribution is 2.17. The number of amides is 1. The highest BCUT2D eigenvalue weighted by Gasteiger charge is 2.21. The van der Waals surface area contributed by atoms with Crippen molar-refractivity contribution in [3.8, 4) is 0 Å². The minimum atomic E-state index is -0.310. The molecule has 1 amide bonds. The first-order chi connectivity index (χ1) is 12.5. The Hall–Kier alpha value is -2.73. The maximum atomic E-state index is 13.0. The van der Waals surface area contributed by atoms with Gasteiger partial charge < -0.3 is 4.90 Å². The van der Waals surface area contributed by atoms with Crippen LogP contribution in [0, 0.1) is 12.7 Å². The van der Waals surface area contributed by atoms with Crippen molar-refractivity contribution in [1.29, 1.82) is 0 Å². The lowest BCUT2D eigenvalue weighted by atomic mass is 10.2. The van der Waals surface area contributed by atoms with Crippen molar-refractivity contribution in [3.63, 3.8) is 0 Å². The predicted octanol–water partition coefficient (Wildman–Crippen LogP) is 3.68. The zero-order chi connectivity index (χ0) is 18.7. The van der Waals surface area contributed by atoms with Crippen molar-refractivity contribution in [1.82, 2.24) is 9.47 Å². The fraction of sp³-hybridized carbons (Fsp3) is 0.200. The second-order valence-electron chi connectivity index (χ2n) is 6.14. The fourth-order valence-corrected chi connectivity index (χ4v) is 3.72. The summed E-state index contributed by atoms with van der Waals surface area (Å²) in [4.78, 5) is 27.0. The minimum absolute atomic E-state index is 0.148. The van der Waals surface area contributed by atoms with Crippen LogP contribution >= 0.6 is 11.3 Å². The molecule has 0 aliphatic rings. The molecule has 1 heterocycles. The van der Waals surface area contributed by atoms with Crippen LogP contribution in [-0.2, 0) is 13.1 Å². The first kappa shape index (κ1) is 18.1. The molecule has 134 valence electrons. The van der Waals surface area contributed by atoms with Crippen molar-refractivity contribution < 1.29 is 9.18 Å². The third-order valence-corrected chi connectivity index (χ3v) is 5.27. The van der Waals surface area contributed by atoms with E-state index in [-0.39, 0.29) is 16.6 Å². The van der Waals surface area contributed by atoms with Crippen LogP contribution in [0.3, 0.4) is 0 Å². The van der Waals surface area contributed by atoms with Gasteiger partial charge in [-0.3, -0.25) is 14.2 Å². The molecule has 0 unspecified atom stereocenters. The highest BCUT2D eigenvalue weighted by atomic mass is 32.1. The summed E-state index contributed by atoms with van der Waals surface area (Å²) in [5.41, 5.74) is 2.50. The van der Waals surface area contributed by atoms with Crippen LogP contribution in [0.25, 0.3) is 0 Å². The van der Waals surface area contributed by atoms with Crippen LogP contribution in [0.5, 0.6) is 0 Å². The Morgan fingerprint density at radius 2 is 1.73 bits per heavy atom. The van der Waals surface area contributed by atoms with E-state index in [0.717, 1.165) is 22.5 Å². The van der Waals surface area contributed by atoms with Gasteiger partial charge in [0.05, 0.1) is 6.54 Å². The largest absolute Gasteiger partial charge is 0.337 e. The third-order valence-electron chi connectivity index (χ3n) is 4.20. The molecule has 0 atom stereocenters. The Morgan fingerprint density at radius 1 is 1.08 bits per heavy atom. The smallest absolute Gasteiger partial charge is 0.308 e. The molecule has 0 saturated heterocycles. The summed E-state index contributed by atoms with van der Waals surface area (Å²) >= 11 is 0.966.